The molecule has 9 heteroatoms. The van der Waals surface area contributed by atoms with Crippen molar-refractivity contribution in [2.24, 2.45) is 5.92 Å². The van der Waals surface area contributed by atoms with E-state index < -0.39 is 28.3 Å². The lowest BCUT2D eigenvalue weighted by molar-refractivity contribution is -0.148. The molecule has 0 aromatic heterocycles. The Labute approximate surface area is 144 Å². The number of sulfone groups is 1. The minimum Gasteiger partial charge on any atom is -0.456 e. The summed E-state index contributed by atoms with van der Waals surface area (Å²) >= 11 is 11.7. The van der Waals surface area contributed by atoms with Crippen molar-refractivity contribution >= 4 is 50.6 Å². The van der Waals surface area contributed by atoms with E-state index in [9.17, 15) is 18.0 Å². The molecule has 0 bridgehead atoms. The van der Waals surface area contributed by atoms with Gasteiger partial charge in [-0.05, 0) is 30.5 Å². The summed E-state index contributed by atoms with van der Waals surface area (Å²) in [6.07, 6.45) is 0.437. The zero-order valence-electron chi connectivity index (χ0n) is 12.1. The van der Waals surface area contributed by atoms with Crippen LogP contribution in [0.25, 0.3) is 0 Å². The molecule has 1 aromatic carbocycles. The van der Waals surface area contributed by atoms with E-state index in [1.54, 1.807) is 6.07 Å². The van der Waals surface area contributed by atoms with E-state index in [0.29, 0.717) is 22.2 Å². The van der Waals surface area contributed by atoms with Gasteiger partial charge >= 0.3 is 5.97 Å². The van der Waals surface area contributed by atoms with Crippen molar-refractivity contribution in [2.75, 3.05) is 23.4 Å². The second-order valence-electron chi connectivity index (χ2n) is 5.31. The predicted molar refractivity (Wildman–Crippen MR) is 87.4 cm³/mol. The molecule has 0 spiro atoms. The average molecular weight is 380 g/mol. The molecule has 0 aliphatic carbocycles. The SMILES string of the molecule is O=C(COC(=O)C[C@H]1CCS(=O)(=O)C1)Nc1cc(Cl)ccc1Cl. The number of ether oxygens (including phenoxy) is 1. The fraction of sp³-hybridized carbons (Fsp3) is 0.429. The lowest BCUT2D eigenvalue weighted by atomic mass is 10.1. The first kappa shape index (κ1) is 18.0. The van der Waals surface area contributed by atoms with E-state index >= 15 is 0 Å². The van der Waals surface area contributed by atoms with Crippen molar-refractivity contribution in [2.45, 2.75) is 12.8 Å². The van der Waals surface area contributed by atoms with Crippen LogP contribution >= 0.6 is 23.2 Å². The van der Waals surface area contributed by atoms with Gasteiger partial charge in [0.25, 0.3) is 5.91 Å². The highest BCUT2D eigenvalue weighted by molar-refractivity contribution is 7.91. The van der Waals surface area contributed by atoms with E-state index in [4.69, 9.17) is 27.9 Å². The Hall–Kier alpha value is -1.31. The Bertz CT molecular complexity index is 720. The van der Waals surface area contributed by atoms with Crippen molar-refractivity contribution in [3.63, 3.8) is 0 Å². The van der Waals surface area contributed by atoms with Crippen molar-refractivity contribution in [1.82, 2.24) is 0 Å². The normalized spacial score (nSPS) is 19.3. The number of benzene rings is 1. The zero-order valence-corrected chi connectivity index (χ0v) is 14.4. The van der Waals surface area contributed by atoms with Crippen molar-refractivity contribution in [3.05, 3.63) is 28.2 Å². The first-order chi connectivity index (χ1) is 10.7. The van der Waals surface area contributed by atoms with E-state index in [1.165, 1.54) is 12.1 Å². The molecule has 23 heavy (non-hydrogen) atoms. The van der Waals surface area contributed by atoms with Gasteiger partial charge < -0.3 is 10.1 Å². The van der Waals surface area contributed by atoms with Crippen LogP contribution in [-0.2, 0) is 24.2 Å². The van der Waals surface area contributed by atoms with E-state index in [2.05, 4.69) is 5.32 Å². The predicted octanol–water partition coefficient (Wildman–Crippen LogP) is 2.30. The quantitative estimate of drug-likeness (QED) is 0.792. The highest BCUT2D eigenvalue weighted by Gasteiger charge is 2.30. The van der Waals surface area contributed by atoms with E-state index in [-0.39, 0.29) is 23.8 Å². The van der Waals surface area contributed by atoms with E-state index in [1.807, 2.05) is 0 Å². The maximum absolute atomic E-state index is 11.7. The largest absolute Gasteiger partial charge is 0.456 e. The molecule has 1 atom stereocenters. The molecule has 1 aliphatic rings. The number of carbonyl (C=O) groups is 2. The first-order valence-electron chi connectivity index (χ1n) is 6.86. The second kappa shape index (κ2) is 7.51. The fourth-order valence-corrected chi connectivity index (χ4v) is 4.45. The van der Waals surface area contributed by atoms with Gasteiger partial charge in [-0.2, -0.15) is 0 Å². The summed E-state index contributed by atoms with van der Waals surface area (Å²) in [7, 11) is -3.04. The van der Waals surface area contributed by atoms with Crippen LogP contribution in [0.5, 0.6) is 0 Å². The summed E-state index contributed by atoms with van der Waals surface area (Å²) in [6.45, 7) is -0.471. The number of anilines is 1. The molecule has 0 saturated carbocycles. The fourth-order valence-electron chi connectivity index (χ4n) is 2.25. The van der Waals surface area contributed by atoms with Crippen LogP contribution in [0, 0.1) is 5.92 Å². The Morgan fingerprint density at radius 2 is 2.04 bits per heavy atom. The number of hydrogen-bond acceptors (Lipinski definition) is 5. The summed E-state index contributed by atoms with van der Waals surface area (Å²) in [6, 6.07) is 4.59. The van der Waals surface area contributed by atoms with Crippen LogP contribution in [0.15, 0.2) is 18.2 Å². The zero-order chi connectivity index (χ0) is 17.0. The number of esters is 1. The Kier molecular flexibility index (Phi) is 5.89. The molecule has 1 heterocycles. The Morgan fingerprint density at radius 3 is 2.70 bits per heavy atom. The number of amides is 1. The molecule has 1 N–H and O–H groups in total. The van der Waals surface area contributed by atoms with Crippen molar-refractivity contribution < 1.29 is 22.7 Å². The molecule has 1 aliphatic heterocycles. The summed E-state index contributed by atoms with van der Waals surface area (Å²) < 4.78 is 27.5. The van der Waals surface area contributed by atoms with Gasteiger partial charge in [-0.25, -0.2) is 8.42 Å². The van der Waals surface area contributed by atoms with Crippen LogP contribution in [0.2, 0.25) is 10.0 Å². The summed E-state index contributed by atoms with van der Waals surface area (Å²) in [4.78, 5) is 23.4. The minimum atomic E-state index is -3.04. The molecule has 2 rings (SSSR count). The lowest BCUT2D eigenvalue weighted by Crippen LogP contribution is -2.22. The van der Waals surface area contributed by atoms with Gasteiger partial charge in [0, 0.05) is 11.4 Å². The van der Waals surface area contributed by atoms with Crippen LogP contribution in [0.3, 0.4) is 0 Å². The number of halogens is 2. The van der Waals surface area contributed by atoms with Gasteiger partial charge in [0.15, 0.2) is 16.4 Å². The third kappa shape index (κ3) is 5.67. The molecular weight excluding hydrogens is 365 g/mol. The summed E-state index contributed by atoms with van der Waals surface area (Å²) in [5.74, 6) is -1.30. The topological polar surface area (TPSA) is 89.5 Å². The van der Waals surface area contributed by atoms with Crippen LogP contribution in [-0.4, -0.2) is 38.4 Å². The number of hydrogen-bond donors (Lipinski definition) is 1. The highest BCUT2D eigenvalue weighted by atomic mass is 35.5. The first-order valence-corrected chi connectivity index (χ1v) is 9.44. The van der Waals surface area contributed by atoms with Crippen LogP contribution < -0.4 is 5.32 Å². The maximum atomic E-state index is 11.7. The monoisotopic (exact) mass is 379 g/mol. The number of carbonyl (C=O) groups excluding carboxylic acids is 2. The number of rotatable bonds is 5. The maximum Gasteiger partial charge on any atom is 0.306 e. The Balaban J connectivity index is 1.78. The molecule has 1 amide bonds. The summed E-state index contributed by atoms with van der Waals surface area (Å²) in [5.41, 5.74) is 0.321. The van der Waals surface area contributed by atoms with Gasteiger partial charge in [0.1, 0.15) is 0 Å². The van der Waals surface area contributed by atoms with Gasteiger partial charge in [-0.3, -0.25) is 9.59 Å². The molecule has 1 aromatic rings. The summed E-state index contributed by atoms with van der Waals surface area (Å²) in [5, 5.41) is 3.20. The average Bonchev–Trinajstić information content (AvgIpc) is 2.79. The molecule has 0 unspecified atom stereocenters. The van der Waals surface area contributed by atoms with Crippen LogP contribution in [0.1, 0.15) is 12.8 Å². The molecule has 0 radical (unpaired) electrons. The van der Waals surface area contributed by atoms with Gasteiger partial charge in [-0.15, -0.1) is 0 Å². The highest BCUT2D eigenvalue weighted by Crippen LogP contribution is 2.25. The van der Waals surface area contributed by atoms with Crippen LogP contribution in [0.4, 0.5) is 5.69 Å². The molecule has 126 valence electrons. The van der Waals surface area contributed by atoms with Gasteiger partial charge in [0.2, 0.25) is 0 Å². The number of nitrogens with one attached hydrogen (secondary N) is 1. The second-order valence-corrected chi connectivity index (χ2v) is 8.38. The van der Waals surface area contributed by atoms with Gasteiger partial charge in [0.05, 0.1) is 22.2 Å². The third-order valence-electron chi connectivity index (χ3n) is 3.35. The molecule has 1 fully saturated rings. The van der Waals surface area contributed by atoms with Crippen molar-refractivity contribution in [3.8, 4) is 0 Å². The lowest BCUT2D eigenvalue weighted by Gasteiger charge is -2.10. The third-order valence-corrected chi connectivity index (χ3v) is 5.75. The van der Waals surface area contributed by atoms with Gasteiger partial charge in [-0.1, -0.05) is 23.2 Å². The Morgan fingerprint density at radius 1 is 1.30 bits per heavy atom. The molecule has 6 nitrogen and oxygen atoms in total. The minimum absolute atomic E-state index is 0.00752. The van der Waals surface area contributed by atoms with Crippen molar-refractivity contribution in [1.29, 1.82) is 0 Å². The molecular formula is C14H15Cl2NO5S. The molecule has 1 saturated heterocycles. The van der Waals surface area contributed by atoms with E-state index in [0.717, 1.165) is 0 Å². The standard InChI is InChI=1S/C14H15Cl2NO5S/c15-10-1-2-11(16)12(6-10)17-13(18)7-22-14(19)5-9-3-4-23(20,21)8-9/h1-2,6,9H,3-5,7-8H2,(H,17,18)/t9-/m1/s1. The smallest absolute Gasteiger partial charge is 0.306 e.